The van der Waals surface area contributed by atoms with Crippen LogP contribution in [0.5, 0.6) is 0 Å². The molecule has 102 valence electrons. The molecule has 0 aliphatic carbocycles. The quantitative estimate of drug-likeness (QED) is 0.805. The van der Waals surface area contributed by atoms with Crippen LogP contribution < -0.4 is 10.9 Å². The summed E-state index contributed by atoms with van der Waals surface area (Å²) in [5.41, 5.74) is -0.967. The van der Waals surface area contributed by atoms with Gasteiger partial charge in [-0.15, -0.1) is 0 Å². The van der Waals surface area contributed by atoms with Gasteiger partial charge >= 0.3 is 0 Å². The molecule has 5 heteroatoms. The summed E-state index contributed by atoms with van der Waals surface area (Å²) in [6.45, 7) is 8.73. The molecule has 0 aliphatic heterocycles. The first-order valence-electron chi connectivity index (χ1n) is 6.37. The van der Waals surface area contributed by atoms with Crippen molar-refractivity contribution in [3.05, 3.63) is 22.7 Å². The zero-order valence-electron chi connectivity index (χ0n) is 11.6. The Morgan fingerprint density at radius 1 is 1.56 bits per heavy atom. The number of hydrogen-bond acceptors (Lipinski definition) is 4. The number of hydrogen-bond donors (Lipinski definition) is 2. The number of nitrogens with zero attached hydrogens (tertiary/aromatic N) is 2. The van der Waals surface area contributed by atoms with Crippen LogP contribution in [0, 0.1) is 5.92 Å². The third-order valence-corrected chi connectivity index (χ3v) is 2.87. The highest BCUT2D eigenvalue weighted by atomic mass is 16.3. The van der Waals surface area contributed by atoms with E-state index in [-0.39, 0.29) is 5.56 Å². The van der Waals surface area contributed by atoms with Crippen molar-refractivity contribution in [1.82, 2.24) is 9.55 Å². The van der Waals surface area contributed by atoms with Crippen molar-refractivity contribution in [2.24, 2.45) is 5.92 Å². The zero-order chi connectivity index (χ0) is 13.8. The van der Waals surface area contributed by atoms with Gasteiger partial charge in [-0.25, -0.2) is 4.98 Å². The summed E-state index contributed by atoms with van der Waals surface area (Å²) < 4.78 is 1.64. The summed E-state index contributed by atoms with van der Waals surface area (Å²) in [6, 6.07) is 0. The highest BCUT2D eigenvalue weighted by molar-refractivity contribution is 5.31. The number of aromatic nitrogens is 2. The Hall–Kier alpha value is -1.36. The predicted molar refractivity (Wildman–Crippen MR) is 72.7 cm³/mol. The second-order valence-electron chi connectivity index (χ2n) is 5.33. The van der Waals surface area contributed by atoms with Crippen LogP contribution >= 0.6 is 0 Å². The number of rotatable bonds is 6. The molecule has 2 N–H and O–H groups in total. The smallest absolute Gasteiger partial charge is 0.293 e. The van der Waals surface area contributed by atoms with Gasteiger partial charge in [0.1, 0.15) is 0 Å². The van der Waals surface area contributed by atoms with Crippen LogP contribution in [0.2, 0.25) is 0 Å². The third-order valence-electron chi connectivity index (χ3n) is 2.87. The van der Waals surface area contributed by atoms with Gasteiger partial charge in [-0.2, -0.15) is 0 Å². The number of anilines is 1. The molecule has 0 saturated carbocycles. The third kappa shape index (κ3) is 4.14. The largest absolute Gasteiger partial charge is 0.388 e. The Balaban J connectivity index is 2.81. The van der Waals surface area contributed by atoms with Crippen LogP contribution in [0.4, 0.5) is 5.82 Å². The first kappa shape index (κ1) is 14.7. The average Bonchev–Trinajstić information content (AvgIpc) is 2.30. The normalized spacial score (nSPS) is 14.6. The lowest BCUT2D eigenvalue weighted by molar-refractivity contribution is 0.0696. The summed E-state index contributed by atoms with van der Waals surface area (Å²) in [5, 5.41) is 12.8. The predicted octanol–water partition coefficient (Wildman–Crippen LogP) is 1.47. The van der Waals surface area contributed by atoms with E-state index in [9.17, 15) is 9.90 Å². The van der Waals surface area contributed by atoms with Crippen molar-refractivity contribution >= 4 is 5.82 Å². The van der Waals surface area contributed by atoms with Crippen LogP contribution in [0.15, 0.2) is 17.2 Å². The molecule has 1 aromatic heterocycles. The minimum atomic E-state index is -0.827. The fourth-order valence-electron chi connectivity index (χ4n) is 1.50. The molecular formula is C13H23N3O2. The van der Waals surface area contributed by atoms with Gasteiger partial charge in [0.05, 0.1) is 5.60 Å². The Morgan fingerprint density at radius 2 is 2.22 bits per heavy atom. The molecule has 18 heavy (non-hydrogen) atoms. The Kier molecular flexibility index (Phi) is 4.90. The van der Waals surface area contributed by atoms with Crippen molar-refractivity contribution in [2.75, 3.05) is 11.9 Å². The van der Waals surface area contributed by atoms with Crippen molar-refractivity contribution < 1.29 is 5.11 Å². The minimum absolute atomic E-state index is 0.141. The van der Waals surface area contributed by atoms with E-state index in [1.165, 1.54) is 0 Å². The molecule has 1 heterocycles. The standard InChI is InChI=1S/C13H23N3O2/c1-5-13(4,18)9-15-11-12(17)16(7-6-14-11)8-10(2)3/h6-7,10,18H,5,8-9H2,1-4H3,(H,14,15). The summed E-state index contributed by atoms with van der Waals surface area (Å²) >= 11 is 0. The van der Waals surface area contributed by atoms with Crippen molar-refractivity contribution in [3.8, 4) is 0 Å². The Labute approximate surface area is 108 Å². The summed E-state index contributed by atoms with van der Waals surface area (Å²) in [6.07, 6.45) is 3.91. The molecule has 0 aromatic carbocycles. The molecule has 0 fully saturated rings. The topological polar surface area (TPSA) is 67.2 Å². The average molecular weight is 253 g/mol. The molecule has 1 unspecified atom stereocenters. The molecular weight excluding hydrogens is 230 g/mol. The van der Waals surface area contributed by atoms with Gasteiger partial charge in [-0.05, 0) is 19.3 Å². The van der Waals surface area contributed by atoms with Gasteiger partial charge in [0, 0.05) is 25.5 Å². The monoisotopic (exact) mass is 253 g/mol. The molecule has 0 aliphatic rings. The number of nitrogens with one attached hydrogen (secondary N) is 1. The zero-order valence-corrected chi connectivity index (χ0v) is 11.6. The van der Waals surface area contributed by atoms with Crippen molar-refractivity contribution in [3.63, 3.8) is 0 Å². The maximum absolute atomic E-state index is 12.1. The second-order valence-corrected chi connectivity index (χ2v) is 5.33. The van der Waals surface area contributed by atoms with Gasteiger partial charge in [0.15, 0.2) is 5.82 Å². The van der Waals surface area contributed by atoms with Gasteiger partial charge in [0.2, 0.25) is 0 Å². The van der Waals surface area contributed by atoms with E-state index in [1.54, 1.807) is 23.9 Å². The van der Waals surface area contributed by atoms with E-state index in [4.69, 9.17) is 0 Å². The molecule has 5 nitrogen and oxygen atoms in total. The second kappa shape index (κ2) is 6.00. The van der Waals surface area contributed by atoms with Gasteiger partial charge < -0.3 is 15.0 Å². The molecule has 1 aromatic rings. The minimum Gasteiger partial charge on any atom is -0.388 e. The molecule has 0 amide bonds. The Bertz CT molecular complexity index is 438. The Morgan fingerprint density at radius 3 is 2.78 bits per heavy atom. The van der Waals surface area contributed by atoms with Crippen LogP contribution in [-0.2, 0) is 6.54 Å². The van der Waals surface area contributed by atoms with Gasteiger partial charge in [0.25, 0.3) is 5.56 Å². The molecule has 0 saturated heterocycles. The van der Waals surface area contributed by atoms with Gasteiger partial charge in [-0.3, -0.25) is 4.79 Å². The van der Waals surface area contributed by atoms with Crippen LogP contribution in [0.25, 0.3) is 0 Å². The fourth-order valence-corrected chi connectivity index (χ4v) is 1.50. The van der Waals surface area contributed by atoms with Crippen molar-refractivity contribution in [2.45, 2.75) is 46.3 Å². The van der Waals surface area contributed by atoms with E-state index < -0.39 is 5.60 Å². The number of aliphatic hydroxyl groups is 1. The molecule has 0 bridgehead atoms. The van der Waals surface area contributed by atoms with E-state index in [0.29, 0.717) is 31.2 Å². The lowest BCUT2D eigenvalue weighted by Gasteiger charge is -2.21. The first-order chi connectivity index (χ1) is 8.35. The fraction of sp³-hybridized carbons (Fsp3) is 0.692. The van der Waals surface area contributed by atoms with Crippen LogP contribution in [0.1, 0.15) is 34.1 Å². The molecule has 0 radical (unpaired) electrons. The highest BCUT2D eigenvalue weighted by Crippen LogP contribution is 2.08. The van der Waals surface area contributed by atoms with Gasteiger partial charge in [-0.1, -0.05) is 20.8 Å². The molecule has 1 rings (SSSR count). The highest BCUT2D eigenvalue weighted by Gasteiger charge is 2.18. The van der Waals surface area contributed by atoms with E-state index in [2.05, 4.69) is 24.1 Å². The van der Waals surface area contributed by atoms with E-state index in [0.717, 1.165) is 0 Å². The SMILES string of the molecule is CCC(C)(O)CNc1nccn(CC(C)C)c1=O. The summed E-state index contributed by atoms with van der Waals surface area (Å²) in [7, 11) is 0. The first-order valence-corrected chi connectivity index (χ1v) is 6.37. The lowest BCUT2D eigenvalue weighted by atomic mass is 10.0. The van der Waals surface area contributed by atoms with Crippen LogP contribution in [-0.4, -0.2) is 26.8 Å². The van der Waals surface area contributed by atoms with E-state index in [1.807, 2.05) is 6.92 Å². The maximum atomic E-state index is 12.1. The molecule has 0 spiro atoms. The van der Waals surface area contributed by atoms with Crippen LogP contribution in [0.3, 0.4) is 0 Å². The summed E-state index contributed by atoms with van der Waals surface area (Å²) in [4.78, 5) is 16.1. The van der Waals surface area contributed by atoms with Crippen molar-refractivity contribution in [1.29, 1.82) is 0 Å². The lowest BCUT2D eigenvalue weighted by Crippen LogP contribution is -2.35. The summed E-state index contributed by atoms with van der Waals surface area (Å²) in [5.74, 6) is 0.698. The van der Waals surface area contributed by atoms with E-state index >= 15 is 0 Å². The molecule has 1 atom stereocenters. The maximum Gasteiger partial charge on any atom is 0.293 e.